The monoisotopic (exact) mass is 255 g/mol. The fraction of sp³-hybridized carbons (Fsp3) is 0.312. The number of aromatic nitrogens is 1. The van der Waals surface area contributed by atoms with Crippen LogP contribution in [0.2, 0.25) is 0 Å². The van der Waals surface area contributed by atoms with Crippen LogP contribution in [0, 0.1) is 6.92 Å². The van der Waals surface area contributed by atoms with Gasteiger partial charge in [-0.25, -0.2) is 0 Å². The molecule has 0 radical (unpaired) electrons. The van der Waals surface area contributed by atoms with Crippen molar-refractivity contribution in [1.29, 1.82) is 0 Å². The van der Waals surface area contributed by atoms with Gasteiger partial charge in [0, 0.05) is 11.9 Å². The van der Waals surface area contributed by atoms with Gasteiger partial charge in [-0.05, 0) is 48.6 Å². The van der Waals surface area contributed by atoms with Crippen LogP contribution in [-0.2, 0) is 12.8 Å². The number of nitrogens with zero attached hydrogens (tertiary/aromatic N) is 1. The Morgan fingerprint density at radius 3 is 2.42 bits per heavy atom. The van der Waals surface area contributed by atoms with E-state index in [1.165, 1.54) is 16.7 Å². The van der Waals surface area contributed by atoms with Gasteiger partial charge >= 0.3 is 0 Å². The van der Waals surface area contributed by atoms with Gasteiger partial charge < -0.3 is 0 Å². The van der Waals surface area contributed by atoms with Gasteiger partial charge in [-0.15, -0.1) is 0 Å². The van der Waals surface area contributed by atoms with Crippen molar-refractivity contribution >= 4 is 0 Å². The van der Waals surface area contributed by atoms with Crippen LogP contribution in [0.25, 0.3) is 0 Å². The summed E-state index contributed by atoms with van der Waals surface area (Å²) in [5, 5.41) is 0. The molecule has 0 aliphatic rings. The highest BCUT2D eigenvalue weighted by Crippen LogP contribution is 2.18. The minimum absolute atomic E-state index is 0.120. The van der Waals surface area contributed by atoms with Crippen molar-refractivity contribution in [2.24, 2.45) is 5.84 Å². The Kier molecular flexibility index (Phi) is 4.66. The van der Waals surface area contributed by atoms with Crippen molar-refractivity contribution < 1.29 is 0 Å². The van der Waals surface area contributed by atoms with Crippen molar-refractivity contribution in [3.05, 3.63) is 65.0 Å². The molecule has 1 unspecified atom stereocenters. The lowest BCUT2D eigenvalue weighted by Gasteiger charge is -2.17. The van der Waals surface area contributed by atoms with Gasteiger partial charge in [0.25, 0.3) is 0 Å². The maximum Gasteiger partial charge on any atom is 0.0501 e. The van der Waals surface area contributed by atoms with Gasteiger partial charge in [-0.1, -0.05) is 31.2 Å². The number of hydrazine groups is 1. The zero-order valence-electron chi connectivity index (χ0n) is 11.6. The second-order valence-corrected chi connectivity index (χ2v) is 4.82. The fourth-order valence-electron chi connectivity index (χ4n) is 2.20. The average molecular weight is 255 g/mol. The van der Waals surface area contributed by atoms with Gasteiger partial charge in [0.15, 0.2) is 0 Å². The van der Waals surface area contributed by atoms with Crippen molar-refractivity contribution in [3.63, 3.8) is 0 Å². The summed E-state index contributed by atoms with van der Waals surface area (Å²) in [6, 6.07) is 12.9. The largest absolute Gasteiger partial charge is 0.271 e. The highest BCUT2D eigenvalue weighted by Gasteiger charge is 2.10. The van der Waals surface area contributed by atoms with Crippen LogP contribution in [0.4, 0.5) is 0 Å². The Bertz CT molecular complexity index is 520. The van der Waals surface area contributed by atoms with E-state index in [4.69, 9.17) is 5.84 Å². The molecule has 2 rings (SSSR count). The standard InChI is InChI=1S/C16H21N3/c1-3-13-4-6-14(7-5-13)11-16(19-17)15-8-9-18-12(2)10-15/h4-10,16,19H,3,11,17H2,1-2H3. The second kappa shape index (κ2) is 6.45. The average Bonchev–Trinajstić information content (AvgIpc) is 2.45. The Morgan fingerprint density at radius 1 is 1.16 bits per heavy atom. The molecule has 0 bridgehead atoms. The van der Waals surface area contributed by atoms with Crippen LogP contribution in [0.1, 0.15) is 35.3 Å². The number of hydrogen-bond acceptors (Lipinski definition) is 3. The van der Waals surface area contributed by atoms with Crippen LogP contribution in [0.3, 0.4) is 0 Å². The summed E-state index contributed by atoms with van der Waals surface area (Å²) in [6.07, 6.45) is 3.78. The van der Waals surface area contributed by atoms with E-state index in [9.17, 15) is 0 Å². The Hall–Kier alpha value is -1.71. The van der Waals surface area contributed by atoms with Gasteiger partial charge in [0.1, 0.15) is 0 Å². The lowest BCUT2D eigenvalue weighted by molar-refractivity contribution is 0.551. The minimum Gasteiger partial charge on any atom is -0.271 e. The maximum absolute atomic E-state index is 5.69. The molecule has 0 spiro atoms. The van der Waals surface area contributed by atoms with E-state index in [0.29, 0.717) is 0 Å². The van der Waals surface area contributed by atoms with E-state index in [2.05, 4.69) is 47.7 Å². The first-order valence-electron chi connectivity index (χ1n) is 6.69. The molecule has 1 atom stereocenters. The first kappa shape index (κ1) is 13.7. The maximum atomic E-state index is 5.69. The van der Waals surface area contributed by atoms with Crippen molar-refractivity contribution in [2.45, 2.75) is 32.7 Å². The molecule has 1 aromatic heterocycles. The van der Waals surface area contributed by atoms with Crippen LogP contribution < -0.4 is 11.3 Å². The number of benzene rings is 1. The molecular formula is C16H21N3. The molecule has 3 nitrogen and oxygen atoms in total. The van der Waals surface area contributed by atoms with E-state index in [0.717, 1.165) is 18.5 Å². The summed E-state index contributed by atoms with van der Waals surface area (Å²) in [6.45, 7) is 4.16. The fourth-order valence-corrected chi connectivity index (χ4v) is 2.20. The zero-order chi connectivity index (χ0) is 13.7. The number of nitrogens with one attached hydrogen (secondary N) is 1. The Balaban J connectivity index is 2.14. The molecule has 19 heavy (non-hydrogen) atoms. The van der Waals surface area contributed by atoms with Crippen molar-refractivity contribution in [2.75, 3.05) is 0 Å². The zero-order valence-corrected chi connectivity index (χ0v) is 11.6. The molecular weight excluding hydrogens is 234 g/mol. The van der Waals surface area contributed by atoms with E-state index in [1.54, 1.807) is 0 Å². The quantitative estimate of drug-likeness (QED) is 0.638. The predicted molar refractivity (Wildman–Crippen MR) is 78.6 cm³/mol. The normalized spacial score (nSPS) is 12.4. The smallest absolute Gasteiger partial charge is 0.0501 e. The summed E-state index contributed by atoms with van der Waals surface area (Å²) >= 11 is 0. The second-order valence-electron chi connectivity index (χ2n) is 4.82. The van der Waals surface area contributed by atoms with Crippen molar-refractivity contribution in [1.82, 2.24) is 10.4 Å². The molecule has 0 fully saturated rings. The third-order valence-corrected chi connectivity index (χ3v) is 3.40. The van der Waals surface area contributed by atoms with Crippen LogP contribution in [0.15, 0.2) is 42.6 Å². The molecule has 0 aliphatic carbocycles. The van der Waals surface area contributed by atoms with Gasteiger partial charge in [0.05, 0.1) is 6.04 Å². The van der Waals surface area contributed by atoms with E-state index in [-0.39, 0.29) is 6.04 Å². The highest BCUT2D eigenvalue weighted by molar-refractivity contribution is 5.26. The molecule has 2 aromatic rings. The molecule has 0 saturated carbocycles. The van der Waals surface area contributed by atoms with Crippen LogP contribution in [0.5, 0.6) is 0 Å². The number of pyridine rings is 1. The van der Waals surface area contributed by atoms with E-state index in [1.807, 2.05) is 19.2 Å². The Labute approximate surface area is 114 Å². The summed E-state index contributed by atoms with van der Waals surface area (Å²) in [5.41, 5.74) is 7.73. The van der Waals surface area contributed by atoms with Crippen molar-refractivity contribution in [3.8, 4) is 0 Å². The molecule has 3 heteroatoms. The number of aryl methyl sites for hydroxylation is 2. The molecule has 3 N–H and O–H groups in total. The summed E-state index contributed by atoms with van der Waals surface area (Å²) < 4.78 is 0. The number of nitrogens with two attached hydrogens (primary N) is 1. The Morgan fingerprint density at radius 2 is 1.84 bits per heavy atom. The molecule has 0 aliphatic heterocycles. The first-order chi connectivity index (χ1) is 9.22. The third kappa shape index (κ3) is 3.63. The number of rotatable bonds is 5. The SMILES string of the molecule is CCc1ccc(CC(NN)c2ccnc(C)c2)cc1. The summed E-state index contributed by atoms with van der Waals surface area (Å²) in [5.74, 6) is 5.69. The third-order valence-electron chi connectivity index (χ3n) is 3.40. The molecule has 0 saturated heterocycles. The first-order valence-corrected chi connectivity index (χ1v) is 6.69. The van der Waals surface area contributed by atoms with Gasteiger partial charge in [0.2, 0.25) is 0 Å². The lowest BCUT2D eigenvalue weighted by atomic mass is 9.98. The minimum atomic E-state index is 0.120. The molecule has 100 valence electrons. The van der Waals surface area contributed by atoms with Gasteiger partial charge in [-0.3, -0.25) is 16.3 Å². The molecule has 1 aromatic carbocycles. The number of hydrogen-bond donors (Lipinski definition) is 2. The summed E-state index contributed by atoms with van der Waals surface area (Å²) in [7, 11) is 0. The molecule has 1 heterocycles. The van der Waals surface area contributed by atoms with E-state index < -0.39 is 0 Å². The lowest BCUT2D eigenvalue weighted by Crippen LogP contribution is -2.29. The predicted octanol–water partition coefficient (Wildman–Crippen LogP) is 2.70. The summed E-state index contributed by atoms with van der Waals surface area (Å²) in [4.78, 5) is 4.22. The highest BCUT2D eigenvalue weighted by atomic mass is 15.2. The topological polar surface area (TPSA) is 50.9 Å². The van der Waals surface area contributed by atoms with E-state index >= 15 is 0 Å². The van der Waals surface area contributed by atoms with Gasteiger partial charge in [-0.2, -0.15) is 0 Å². The molecule has 0 amide bonds. The van der Waals surface area contributed by atoms with Crippen LogP contribution in [-0.4, -0.2) is 4.98 Å². The van der Waals surface area contributed by atoms with Crippen LogP contribution >= 0.6 is 0 Å².